The summed E-state index contributed by atoms with van der Waals surface area (Å²) >= 11 is 6.17. The van der Waals surface area contributed by atoms with Gasteiger partial charge in [-0.1, -0.05) is 17.7 Å². The molecule has 1 aliphatic rings. The van der Waals surface area contributed by atoms with Crippen LogP contribution < -0.4 is 0 Å². The molecular weight excluding hydrogens is 424 g/mol. The molecule has 0 aliphatic carbocycles. The van der Waals surface area contributed by atoms with Crippen LogP contribution in [0.1, 0.15) is 18.0 Å². The molecule has 0 amide bonds. The molecule has 0 unspecified atom stereocenters. The highest BCUT2D eigenvalue weighted by molar-refractivity contribution is 7.89. The van der Waals surface area contributed by atoms with Crippen LogP contribution in [-0.4, -0.2) is 40.3 Å². The third kappa shape index (κ3) is 3.12. The van der Waals surface area contributed by atoms with Gasteiger partial charge < -0.3 is 8.98 Å². The molecule has 0 saturated carbocycles. The molecule has 0 bridgehead atoms. The molecule has 30 heavy (non-hydrogen) atoms. The number of rotatable bonds is 4. The number of hydrogen-bond donors (Lipinski definition) is 0. The standard InChI is InChI=1S/C21H19ClN4O3S/c1-14-6-7-16(12-17(14)22)30(27,28)25-10-8-15(13-25)26-20-18(4-2-9-23-20)24-21(26)19-5-3-11-29-19/h2-7,9,11-12,15H,8,10,13H2,1H3/t15-/m1/s1. The third-order valence-electron chi connectivity index (χ3n) is 5.46. The van der Waals surface area contributed by atoms with Crippen molar-refractivity contribution in [2.24, 2.45) is 0 Å². The van der Waals surface area contributed by atoms with E-state index in [0.717, 1.165) is 11.1 Å². The fourth-order valence-electron chi connectivity index (χ4n) is 3.88. The van der Waals surface area contributed by atoms with Crippen molar-refractivity contribution in [3.05, 3.63) is 65.5 Å². The fraction of sp³-hybridized carbons (Fsp3) is 0.238. The van der Waals surface area contributed by atoms with Crippen LogP contribution in [0.3, 0.4) is 0 Å². The average Bonchev–Trinajstić information content (AvgIpc) is 3.48. The Hall–Kier alpha value is -2.68. The zero-order valence-electron chi connectivity index (χ0n) is 16.2. The second-order valence-corrected chi connectivity index (χ2v) is 9.69. The number of pyridine rings is 1. The maximum absolute atomic E-state index is 13.2. The van der Waals surface area contributed by atoms with E-state index in [1.165, 1.54) is 10.4 Å². The molecule has 1 saturated heterocycles. The Morgan fingerprint density at radius 2 is 2.07 bits per heavy atom. The average molecular weight is 443 g/mol. The number of aryl methyl sites for hydroxylation is 1. The number of nitrogens with zero attached hydrogens (tertiary/aromatic N) is 4. The molecule has 5 rings (SSSR count). The second-order valence-electron chi connectivity index (χ2n) is 7.35. The highest BCUT2D eigenvalue weighted by atomic mass is 35.5. The molecule has 1 fully saturated rings. The Morgan fingerprint density at radius 3 is 2.83 bits per heavy atom. The van der Waals surface area contributed by atoms with Crippen LogP contribution >= 0.6 is 11.6 Å². The molecule has 3 aromatic heterocycles. The lowest BCUT2D eigenvalue weighted by molar-refractivity contribution is 0.453. The van der Waals surface area contributed by atoms with Crippen molar-refractivity contribution >= 4 is 32.8 Å². The van der Waals surface area contributed by atoms with Crippen LogP contribution in [0.4, 0.5) is 0 Å². The van der Waals surface area contributed by atoms with Gasteiger partial charge in [0.2, 0.25) is 10.0 Å². The van der Waals surface area contributed by atoms with Gasteiger partial charge in [-0.05, 0) is 55.3 Å². The molecule has 1 atom stereocenters. The second kappa shape index (κ2) is 7.23. The first-order valence-electron chi connectivity index (χ1n) is 9.58. The van der Waals surface area contributed by atoms with E-state index in [1.807, 2.05) is 29.7 Å². The summed E-state index contributed by atoms with van der Waals surface area (Å²) in [6, 6.07) is 12.1. The first-order chi connectivity index (χ1) is 14.4. The summed E-state index contributed by atoms with van der Waals surface area (Å²) in [4.78, 5) is 9.39. The smallest absolute Gasteiger partial charge is 0.243 e. The van der Waals surface area contributed by atoms with Crippen LogP contribution in [-0.2, 0) is 10.0 Å². The molecule has 0 N–H and O–H groups in total. The van der Waals surface area contributed by atoms with E-state index >= 15 is 0 Å². The van der Waals surface area contributed by atoms with Gasteiger partial charge in [-0.25, -0.2) is 18.4 Å². The summed E-state index contributed by atoms with van der Waals surface area (Å²) in [6.07, 6.45) is 3.96. The van der Waals surface area contributed by atoms with E-state index in [9.17, 15) is 8.42 Å². The zero-order valence-corrected chi connectivity index (χ0v) is 17.8. The van der Waals surface area contributed by atoms with Gasteiger partial charge in [0.1, 0.15) is 5.52 Å². The van der Waals surface area contributed by atoms with Crippen molar-refractivity contribution in [1.82, 2.24) is 18.8 Å². The van der Waals surface area contributed by atoms with E-state index in [1.54, 1.807) is 30.7 Å². The fourth-order valence-corrected chi connectivity index (χ4v) is 5.64. The number of imidazole rings is 1. The summed E-state index contributed by atoms with van der Waals surface area (Å²) in [5.41, 5.74) is 2.30. The molecule has 154 valence electrons. The molecule has 0 spiro atoms. The Morgan fingerprint density at radius 1 is 1.20 bits per heavy atom. The summed E-state index contributed by atoms with van der Waals surface area (Å²) in [5, 5.41) is 0.441. The van der Waals surface area contributed by atoms with E-state index in [4.69, 9.17) is 16.0 Å². The van der Waals surface area contributed by atoms with Gasteiger partial charge in [0, 0.05) is 24.3 Å². The maximum atomic E-state index is 13.2. The van der Waals surface area contributed by atoms with Gasteiger partial charge in [-0.15, -0.1) is 0 Å². The van der Waals surface area contributed by atoms with Gasteiger partial charge in [0.05, 0.1) is 17.2 Å². The van der Waals surface area contributed by atoms with Gasteiger partial charge >= 0.3 is 0 Å². The predicted molar refractivity (Wildman–Crippen MR) is 114 cm³/mol. The predicted octanol–water partition coefficient (Wildman–Crippen LogP) is 4.29. The first-order valence-corrected chi connectivity index (χ1v) is 11.4. The van der Waals surface area contributed by atoms with Crippen molar-refractivity contribution in [1.29, 1.82) is 0 Å². The maximum Gasteiger partial charge on any atom is 0.243 e. The summed E-state index contributed by atoms with van der Waals surface area (Å²) < 4.78 is 35.5. The van der Waals surface area contributed by atoms with Crippen molar-refractivity contribution < 1.29 is 12.8 Å². The lowest BCUT2D eigenvalue weighted by atomic mass is 10.2. The van der Waals surface area contributed by atoms with Crippen molar-refractivity contribution in [3.63, 3.8) is 0 Å². The Labute approximate surface area is 179 Å². The molecule has 0 radical (unpaired) electrons. The third-order valence-corrected chi connectivity index (χ3v) is 7.73. The minimum Gasteiger partial charge on any atom is -0.461 e. The molecule has 1 aliphatic heterocycles. The van der Waals surface area contributed by atoms with E-state index < -0.39 is 10.0 Å². The van der Waals surface area contributed by atoms with Gasteiger partial charge in [0.25, 0.3) is 0 Å². The lowest BCUT2D eigenvalue weighted by Gasteiger charge is -2.18. The van der Waals surface area contributed by atoms with E-state index in [-0.39, 0.29) is 10.9 Å². The lowest BCUT2D eigenvalue weighted by Crippen LogP contribution is -2.29. The normalized spacial score (nSPS) is 17.7. The van der Waals surface area contributed by atoms with Crippen LogP contribution in [0.2, 0.25) is 5.02 Å². The summed E-state index contributed by atoms with van der Waals surface area (Å²) in [7, 11) is -3.65. The number of sulfonamides is 1. The van der Waals surface area contributed by atoms with Gasteiger partial charge in [0.15, 0.2) is 17.2 Å². The SMILES string of the molecule is Cc1ccc(S(=O)(=O)N2CC[C@@H](n3c(-c4ccco4)nc4cccnc43)C2)cc1Cl. The molecule has 7 nitrogen and oxygen atoms in total. The minimum absolute atomic E-state index is 0.110. The first kappa shape index (κ1) is 19.3. The van der Waals surface area contributed by atoms with Crippen molar-refractivity contribution in [2.45, 2.75) is 24.3 Å². The van der Waals surface area contributed by atoms with E-state index in [2.05, 4.69) is 9.97 Å². The zero-order chi connectivity index (χ0) is 20.9. The number of furan rings is 1. The number of hydrogen-bond acceptors (Lipinski definition) is 5. The van der Waals surface area contributed by atoms with Crippen LogP contribution in [0.5, 0.6) is 0 Å². The molecular formula is C21H19ClN4O3S. The van der Waals surface area contributed by atoms with Crippen molar-refractivity contribution in [2.75, 3.05) is 13.1 Å². The largest absolute Gasteiger partial charge is 0.461 e. The van der Waals surface area contributed by atoms with Crippen LogP contribution in [0.15, 0.2) is 64.2 Å². The number of aromatic nitrogens is 3. The monoisotopic (exact) mass is 442 g/mol. The molecule has 4 heterocycles. The summed E-state index contributed by atoms with van der Waals surface area (Å²) in [6.45, 7) is 2.57. The van der Waals surface area contributed by atoms with Gasteiger partial charge in [-0.3, -0.25) is 0 Å². The Balaban J connectivity index is 1.53. The molecule has 4 aromatic rings. The molecule has 9 heteroatoms. The van der Waals surface area contributed by atoms with Crippen molar-refractivity contribution in [3.8, 4) is 11.6 Å². The number of halogens is 1. The minimum atomic E-state index is -3.65. The highest BCUT2D eigenvalue weighted by Crippen LogP contribution is 2.34. The quantitative estimate of drug-likeness (QED) is 0.471. The van der Waals surface area contributed by atoms with E-state index in [0.29, 0.717) is 41.8 Å². The van der Waals surface area contributed by atoms with Crippen LogP contribution in [0.25, 0.3) is 22.7 Å². The molecule has 1 aromatic carbocycles. The highest BCUT2D eigenvalue weighted by Gasteiger charge is 2.35. The number of fused-ring (bicyclic) bond motifs is 1. The Kier molecular flexibility index (Phi) is 4.65. The summed E-state index contributed by atoms with van der Waals surface area (Å²) in [5.74, 6) is 1.27. The van der Waals surface area contributed by atoms with Crippen LogP contribution in [0, 0.1) is 6.92 Å². The number of benzene rings is 1. The topological polar surface area (TPSA) is 81.2 Å². The van der Waals surface area contributed by atoms with Gasteiger partial charge in [-0.2, -0.15) is 4.31 Å². The Bertz CT molecular complexity index is 1330.